The number of halogens is 1. The van der Waals surface area contributed by atoms with Gasteiger partial charge in [-0.3, -0.25) is 4.79 Å². The summed E-state index contributed by atoms with van der Waals surface area (Å²) >= 11 is 3.37. The quantitative estimate of drug-likeness (QED) is 0.621. The van der Waals surface area contributed by atoms with Crippen molar-refractivity contribution in [3.8, 4) is 0 Å². The highest BCUT2D eigenvalue weighted by Gasteiger charge is 2.07. The Morgan fingerprint density at radius 3 is 2.83 bits per heavy atom. The molecule has 0 aliphatic heterocycles. The van der Waals surface area contributed by atoms with E-state index in [4.69, 9.17) is 15.2 Å². The fourth-order valence-electron chi connectivity index (χ4n) is 1.28. The molecule has 6 heteroatoms. The molecule has 100 valence electrons. The van der Waals surface area contributed by atoms with E-state index in [1.54, 1.807) is 13.2 Å². The summed E-state index contributed by atoms with van der Waals surface area (Å²) in [5.74, 6) is -0.227. The molecular formula is C12H17BrN2O3. The number of carbonyl (C=O) groups excluding carboxylic acids is 1. The molecule has 0 heterocycles. The number of nitrogens with one attached hydrogen (secondary N) is 1. The Balaban J connectivity index is 2.51. The standard InChI is InChI=1S/C12H17BrN2O3/c1-8-5-9(13)11(6-10(8)14)15-12(16)7-18-4-3-17-2/h5-6H,3-4,7,14H2,1-2H3,(H,15,16). The number of hydrogen-bond donors (Lipinski definition) is 2. The summed E-state index contributed by atoms with van der Waals surface area (Å²) in [6.07, 6.45) is 0. The molecule has 5 nitrogen and oxygen atoms in total. The molecule has 0 atom stereocenters. The van der Waals surface area contributed by atoms with Crippen LogP contribution in [0.1, 0.15) is 5.56 Å². The molecule has 0 saturated heterocycles. The Morgan fingerprint density at radius 2 is 2.17 bits per heavy atom. The maximum Gasteiger partial charge on any atom is 0.250 e. The van der Waals surface area contributed by atoms with E-state index < -0.39 is 0 Å². The Labute approximate surface area is 115 Å². The largest absolute Gasteiger partial charge is 0.398 e. The zero-order valence-corrected chi connectivity index (χ0v) is 12.0. The molecule has 3 N–H and O–H groups in total. The van der Waals surface area contributed by atoms with Gasteiger partial charge in [0.1, 0.15) is 6.61 Å². The number of nitrogen functional groups attached to an aromatic ring is 1. The van der Waals surface area contributed by atoms with Crippen LogP contribution in [0.2, 0.25) is 0 Å². The topological polar surface area (TPSA) is 73.6 Å². The summed E-state index contributed by atoms with van der Waals surface area (Å²) in [6, 6.07) is 3.57. The summed E-state index contributed by atoms with van der Waals surface area (Å²) in [4.78, 5) is 11.6. The number of anilines is 2. The Bertz CT molecular complexity index is 424. The minimum absolute atomic E-state index is 0.0103. The molecule has 0 spiro atoms. The molecular weight excluding hydrogens is 300 g/mol. The average molecular weight is 317 g/mol. The van der Waals surface area contributed by atoms with Gasteiger partial charge >= 0.3 is 0 Å². The van der Waals surface area contributed by atoms with Gasteiger partial charge in [0.2, 0.25) is 5.91 Å². The molecule has 0 aliphatic rings. The zero-order chi connectivity index (χ0) is 13.5. The van der Waals surface area contributed by atoms with Crippen molar-refractivity contribution >= 4 is 33.2 Å². The minimum atomic E-state index is -0.227. The van der Waals surface area contributed by atoms with Crippen LogP contribution in [-0.2, 0) is 14.3 Å². The molecule has 0 unspecified atom stereocenters. The second-order valence-electron chi connectivity index (χ2n) is 3.78. The van der Waals surface area contributed by atoms with Crippen molar-refractivity contribution in [2.24, 2.45) is 0 Å². The summed E-state index contributed by atoms with van der Waals surface area (Å²) < 4.78 is 10.7. The Hall–Kier alpha value is -1.11. The van der Waals surface area contributed by atoms with Crippen molar-refractivity contribution in [2.75, 3.05) is 38.0 Å². The number of ether oxygens (including phenoxy) is 2. The fraction of sp³-hybridized carbons (Fsp3) is 0.417. The van der Waals surface area contributed by atoms with Gasteiger partial charge in [-0.05, 0) is 40.5 Å². The zero-order valence-electron chi connectivity index (χ0n) is 10.5. The number of nitrogens with two attached hydrogens (primary N) is 1. The normalized spacial score (nSPS) is 10.4. The molecule has 18 heavy (non-hydrogen) atoms. The first-order valence-corrected chi connectivity index (χ1v) is 6.26. The predicted molar refractivity (Wildman–Crippen MR) is 74.6 cm³/mol. The Morgan fingerprint density at radius 1 is 1.44 bits per heavy atom. The van der Waals surface area contributed by atoms with Gasteiger partial charge in [-0.1, -0.05) is 0 Å². The third-order valence-electron chi connectivity index (χ3n) is 2.29. The molecule has 0 radical (unpaired) electrons. The number of rotatable bonds is 6. The second-order valence-corrected chi connectivity index (χ2v) is 4.64. The molecule has 0 fully saturated rings. The number of methoxy groups -OCH3 is 1. The SMILES string of the molecule is COCCOCC(=O)Nc1cc(N)c(C)cc1Br. The van der Waals surface area contributed by atoms with E-state index in [2.05, 4.69) is 21.2 Å². The van der Waals surface area contributed by atoms with Gasteiger partial charge in [0, 0.05) is 17.3 Å². The van der Waals surface area contributed by atoms with E-state index in [0.717, 1.165) is 10.0 Å². The van der Waals surface area contributed by atoms with Gasteiger partial charge < -0.3 is 20.5 Å². The van der Waals surface area contributed by atoms with Gasteiger partial charge in [-0.2, -0.15) is 0 Å². The summed E-state index contributed by atoms with van der Waals surface area (Å²) in [6.45, 7) is 2.75. The summed E-state index contributed by atoms with van der Waals surface area (Å²) in [5.41, 5.74) is 8.01. The number of amides is 1. The van der Waals surface area contributed by atoms with Gasteiger partial charge in [0.25, 0.3) is 0 Å². The van der Waals surface area contributed by atoms with Crippen LogP contribution in [-0.4, -0.2) is 32.8 Å². The van der Waals surface area contributed by atoms with Gasteiger partial charge in [-0.15, -0.1) is 0 Å². The van der Waals surface area contributed by atoms with Crippen LogP contribution >= 0.6 is 15.9 Å². The van der Waals surface area contributed by atoms with Crippen molar-refractivity contribution in [1.82, 2.24) is 0 Å². The highest BCUT2D eigenvalue weighted by atomic mass is 79.9. The van der Waals surface area contributed by atoms with Gasteiger partial charge in [0.15, 0.2) is 0 Å². The molecule has 1 aromatic carbocycles. The van der Waals surface area contributed by atoms with E-state index in [-0.39, 0.29) is 12.5 Å². The smallest absolute Gasteiger partial charge is 0.250 e. The first kappa shape index (κ1) is 14.9. The van der Waals surface area contributed by atoms with Crippen LogP contribution in [0.5, 0.6) is 0 Å². The molecule has 0 aromatic heterocycles. The van der Waals surface area contributed by atoms with Crippen LogP contribution in [0.4, 0.5) is 11.4 Å². The lowest BCUT2D eigenvalue weighted by molar-refractivity contribution is -0.121. The van der Waals surface area contributed by atoms with E-state index >= 15 is 0 Å². The highest BCUT2D eigenvalue weighted by molar-refractivity contribution is 9.10. The lowest BCUT2D eigenvalue weighted by Crippen LogP contribution is -2.20. The first-order valence-electron chi connectivity index (χ1n) is 5.46. The van der Waals surface area contributed by atoms with Crippen molar-refractivity contribution in [3.05, 3.63) is 22.2 Å². The van der Waals surface area contributed by atoms with Crippen molar-refractivity contribution in [3.63, 3.8) is 0 Å². The monoisotopic (exact) mass is 316 g/mol. The highest BCUT2D eigenvalue weighted by Crippen LogP contribution is 2.27. The van der Waals surface area contributed by atoms with E-state index in [1.807, 2.05) is 13.0 Å². The van der Waals surface area contributed by atoms with Crippen LogP contribution in [0.3, 0.4) is 0 Å². The molecule has 1 aromatic rings. The maximum absolute atomic E-state index is 11.6. The number of benzene rings is 1. The lowest BCUT2D eigenvalue weighted by atomic mass is 10.2. The minimum Gasteiger partial charge on any atom is -0.398 e. The second kappa shape index (κ2) is 7.35. The van der Waals surface area contributed by atoms with E-state index in [1.165, 1.54) is 0 Å². The molecule has 0 aliphatic carbocycles. The fourth-order valence-corrected chi connectivity index (χ4v) is 1.84. The van der Waals surface area contributed by atoms with Crippen LogP contribution < -0.4 is 11.1 Å². The third-order valence-corrected chi connectivity index (χ3v) is 2.95. The van der Waals surface area contributed by atoms with Crippen molar-refractivity contribution in [1.29, 1.82) is 0 Å². The lowest BCUT2D eigenvalue weighted by Gasteiger charge is -2.10. The predicted octanol–water partition coefficient (Wildman–Crippen LogP) is 1.94. The van der Waals surface area contributed by atoms with Crippen LogP contribution in [0.15, 0.2) is 16.6 Å². The number of hydrogen-bond acceptors (Lipinski definition) is 4. The molecule has 1 amide bonds. The van der Waals surface area contributed by atoms with Crippen molar-refractivity contribution < 1.29 is 14.3 Å². The third kappa shape index (κ3) is 4.64. The van der Waals surface area contributed by atoms with E-state index in [0.29, 0.717) is 24.6 Å². The molecule has 0 saturated carbocycles. The average Bonchev–Trinajstić information content (AvgIpc) is 2.32. The number of carbonyl (C=O) groups is 1. The number of aryl methyl sites for hydroxylation is 1. The summed E-state index contributed by atoms with van der Waals surface area (Å²) in [5, 5.41) is 2.72. The van der Waals surface area contributed by atoms with Gasteiger partial charge in [-0.25, -0.2) is 0 Å². The van der Waals surface area contributed by atoms with Gasteiger partial charge in [0.05, 0.1) is 18.9 Å². The Kier molecular flexibility index (Phi) is 6.11. The van der Waals surface area contributed by atoms with E-state index in [9.17, 15) is 4.79 Å². The molecule has 1 rings (SSSR count). The summed E-state index contributed by atoms with van der Waals surface area (Å²) in [7, 11) is 1.58. The van der Waals surface area contributed by atoms with Crippen molar-refractivity contribution in [2.45, 2.75) is 6.92 Å². The molecule has 0 bridgehead atoms. The van der Waals surface area contributed by atoms with Crippen LogP contribution in [0, 0.1) is 6.92 Å². The first-order chi connectivity index (χ1) is 8.54. The maximum atomic E-state index is 11.6. The van der Waals surface area contributed by atoms with Crippen LogP contribution in [0.25, 0.3) is 0 Å².